The molecule has 34 heavy (non-hydrogen) atoms. The molecule has 2 heterocycles. The molecule has 2 saturated heterocycles. The Bertz CT molecular complexity index is 1120. The molecule has 0 saturated carbocycles. The summed E-state index contributed by atoms with van der Waals surface area (Å²) in [4.78, 5) is 16.2. The zero-order valence-electron chi connectivity index (χ0n) is 19.3. The van der Waals surface area contributed by atoms with Crippen LogP contribution in [0.25, 0.3) is 5.57 Å². The van der Waals surface area contributed by atoms with Gasteiger partial charge in [0.1, 0.15) is 5.75 Å². The number of nitrogens with two attached hydrogens (primary N) is 1. The van der Waals surface area contributed by atoms with Gasteiger partial charge in [-0.2, -0.15) is 0 Å². The summed E-state index contributed by atoms with van der Waals surface area (Å²) >= 11 is 1.51. The standard InChI is InChI=1S/C25H29FN4O3S/c1-32-22-6-4-19(14-21(22)26)34-29-10-7-25(8-11-29)9-12-30(24(25)31)18-3-5-20(17(15-27)16-28)23(13-18)33-2/h3-6,13-16,27H,7-12,28H2,1-2H3/b17-16+,27-15?. The molecule has 0 radical (unpaired) electrons. The third-order valence-corrected chi connectivity index (χ3v) is 7.78. The van der Waals surface area contributed by atoms with Gasteiger partial charge >= 0.3 is 0 Å². The molecule has 2 aromatic carbocycles. The van der Waals surface area contributed by atoms with E-state index in [-0.39, 0.29) is 22.9 Å². The number of methoxy groups -OCH3 is 2. The van der Waals surface area contributed by atoms with Gasteiger partial charge in [0.2, 0.25) is 5.91 Å². The number of hydrogen-bond acceptors (Lipinski definition) is 7. The van der Waals surface area contributed by atoms with E-state index in [1.54, 1.807) is 13.2 Å². The topological polar surface area (TPSA) is 91.9 Å². The molecule has 9 heteroatoms. The number of benzene rings is 2. The van der Waals surface area contributed by atoms with E-state index >= 15 is 0 Å². The Morgan fingerprint density at radius 3 is 2.41 bits per heavy atom. The summed E-state index contributed by atoms with van der Waals surface area (Å²) in [6.07, 6.45) is 4.88. The van der Waals surface area contributed by atoms with Crippen LogP contribution in [0.1, 0.15) is 24.8 Å². The molecular weight excluding hydrogens is 455 g/mol. The van der Waals surface area contributed by atoms with Crippen molar-refractivity contribution in [2.45, 2.75) is 24.2 Å². The predicted molar refractivity (Wildman–Crippen MR) is 133 cm³/mol. The van der Waals surface area contributed by atoms with E-state index in [0.29, 0.717) is 23.4 Å². The van der Waals surface area contributed by atoms with Crippen molar-refractivity contribution in [1.82, 2.24) is 4.31 Å². The molecule has 2 fully saturated rings. The van der Waals surface area contributed by atoms with Crippen LogP contribution in [0.4, 0.5) is 10.1 Å². The molecule has 2 aliphatic heterocycles. The SMILES string of the molecule is COc1ccc(SN2CCC3(CC2)CCN(c2ccc(/C(C=N)=C/N)c(OC)c2)C3=O)cc1F. The lowest BCUT2D eigenvalue weighted by Crippen LogP contribution is -2.42. The van der Waals surface area contributed by atoms with Crippen molar-refractivity contribution >= 4 is 35.3 Å². The molecule has 0 bridgehead atoms. The monoisotopic (exact) mass is 484 g/mol. The fourth-order valence-corrected chi connectivity index (χ4v) is 5.64. The van der Waals surface area contributed by atoms with Gasteiger partial charge in [-0.1, -0.05) is 0 Å². The van der Waals surface area contributed by atoms with Crippen LogP contribution in [0.5, 0.6) is 11.5 Å². The molecule has 4 rings (SSSR count). The van der Waals surface area contributed by atoms with Gasteiger partial charge in [-0.3, -0.25) is 4.79 Å². The molecule has 180 valence electrons. The lowest BCUT2D eigenvalue weighted by Gasteiger charge is -2.37. The summed E-state index contributed by atoms with van der Waals surface area (Å²) in [5.41, 5.74) is 7.31. The first kappa shape index (κ1) is 24.1. The van der Waals surface area contributed by atoms with Gasteiger partial charge in [0.15, 0.2) is 11.6 Å². The third-order valence-electron chi connectivity index (χ3n) is 6.69. The fraction of sp³-hybridized carbons (Fsp3) is 0.360. The van der Waals surface area contributed by atoms with E-state index in [2.05, 4.69) is 4.31 Å². The van der Waals surface area contributed by atoms with Crippen molar-refractivity contribution in [3.8, 4) is 11.5 Å². The Morgan fingerprint density at radius 2 is 1.79 bits per heavy atom. The molecule has 7 nitrogen and oxygen atoms in total. The van der Waals surface area contributed by atoms with E-state index < -0.39 is 0 Å². The van der Waals surface area contributed by atoms with E-state index in [1.807, 2.05) is 29.2 Å². The second-order valence-electron chi connectivity index (χ2n) is 8.45. The first-order chi connectivity index (χ1) is 16.4. The molecule has 2 aromatic rings. The molecule has 0 atom stereocenters. The van der Waals surface area contributed by atoms with Crippen LogP contribution >= 0.6 is 11.9 Å². The number of carbonyl (C=O) groups is 1. The molecule has 0 aromatic heterocycles. The number of ether oxygens (including phenoxy) is 2. The van der Waals surface area contributed by atoms with Crippen LogP contribution in [0.3, 0.4) is 0 Å². The van der Waals surface area contributed by atoms with Gasteiger partial charge in [0.05, 0.1) is 19.6 Å². The van der Waals surface area contributed by atoms with Crippen LogP contribution in [0.2, 0.25) is 0 Å². The Balaban J connectivity index is 1.44. The number of halogens is 1. The number of nitrogens with zero attached hydrogens (tertiary/aromatic N) is 2. The van der Waals surface area contributed by atoms with Crippen molar-refractivity contribution in [1.29, 1.82) is 5.41 Å². The number of rotatable bonds is 7. The van der Waals surface area contributed by atoms with Crippen LogP contribution in [0.15, 0.2) is 47.5 Å². The minimum absolute atomic E-state index is 0.143. The van der Waals surface area contributed by atoms with Crippen molar-refractivity contribution in [2.75, 3.05) is 38.8 Å². The molecule has 3 N–H and O–H groups in total. The average molecular weight is 485 g/mol. The average Bonchev–Trinajstić information content (AvgIpc) is 3.17. The molecular formula is C25H29FN4O3S. The summed E-state index contributed by atoms with van der Waals surface area (Å²) in [5, 5.41) is 7.54. The fourth-order valence-electron chi connectivity index (χ4n) is 4.69. The van der Waals surface area contributed by atoms with Crippen molar-refractivity contribution in [3.05, 3.63) is 54.0 Å². The van der Waals surface area contributed by atoms with Crippen LogP contribution < -0.4 is 20.1 Å². The maximum Gasteiger partial charge on any atom is 0.233 e. The molecule has 0 unspecified atom stereocenters. The Hall–Kier alpha value is -3.04. The second-order valence-corrected chi connectivity index (χ2v) is 9.63. The maximum atomic E-state index is 14.0. The van der Waals surface area contributed by atoms with Crippen LogP contribution in [0, 0.1) is 16.6 Å². The number of hydrogen-bond donors (Lipinski definition) is 2. The van der Waals surface area contributed by atoms with Gasteiger partial charge < -0.3 is 25.5 Å². The van der Waals surface area contributed by atoms with Gasteiger partial charge in [0.25, 0.3) is 0 Å². The highest BCUT2D eigenvalue weighted by atomic mass is 32.2. The Morgan fingerprint density at radius 1 is 1.09 bits per heavy atom. The minimum Gasteiger partial charge on any atom is -0.496 e. The first-order valence-electron chi connectivity index (χ1n) is 11.1. The van der Waals surface area contributed by atoms with Gasteiger partial charge in [-0.15, -0.1) is 0 Å². The maximum absolute atomic E-state index is 14.0. The van der Waals surface area contributed by atoms with Gasteiger partial charge in [-0.25, -0.2) is 8.70 Å². The zero-order valence-corrected chi connectivity index (χ0v) is 20.2. The van der Waals surface area contributed by atoms with Crippen LogP contribution in [-0.4, -0.2) is 50.3 Å². The summed E-state index contributed by atoms with van der Waals surface area (Å²) in [6.45, 7) is 2.16. The normalized spacial score (nSPS) is 18.4. The third kappa shape index (κ3) is 4.50. The molecule has 1 amide bonds. The summed E-state index contributed by atoms with van der Waals surface area (Å²) < 4.78 is 26.7. The van der Waals surface area contributed by atoms with Crippen LogP contribution in [-0.2, 0) is 4.79 Å². The summed E-state index contributed by atoms with van der Waals surface area (Å²) in [5.74, 6) is 0.573. The minimum atomic E-state index is -0.376. The van der Waals surface area contributed by atoms with Gasteiger partial charge in [0, 0.05) is 59.8 Å². The molecule has 0 aliphatic carbocycles. The molecule has 2 aliphatic rings. The van der Waals surface area contributed by atoms with Crippen molar-refractivity contribution < 1.29 is 18.7 Å². The van der Waals surface area contributed by atoms with Crippen molar-refractivity contribution in [3.63, 3.8) is 0 Å². The lowest BCUT2D eigenvalue weighted by atomic mass is 9.77. The van der Waals surface area contributed by atoms with E-state index in [9.17, 15) is 9.18 Å². The number of carbonyl (C=O) groups excluding carboxylic acids is 1. The first-order valence-corrected chi connectivity index (χ1v) is 11.9. The van der Waals surface area contributed by atoms with Gasteiger partial charge in [-0.05, 0) is 61.5 Å². The highest BCUT2D eigenvalue weighted by molar-refractivity contribution is 7.97. The van der Waals surface area contributed by atoms with E-state index in [0.717, 1.165) is 42.9 Å². The van der Waals surface area contributed by atoms with Crippen molar-refractivity contribution in [2.24, 2.45) is 11.1 Å². The predicted octanol–water partition coefficient (Wildman–Crippen LogP) is 4.32. The Kier molecular flexibility index (Phi) is 7.13. The quantitative estimate of drug-likeness (QED) is 0.449. The number of anilines is 1. The lowest BCUT2D eigenvalue weighted by molar-refractivity contribution is -0.127. The zero-order chi connectivity index (χ0) is 24.3. The van der Waals surface area contributed by atoms with E-state index in [4.69, 9.17) is 20.6 Å². The summed E-state index contributed by atoms with van der Waals surface area (Å²) in [6, 6.07) is 10.5. The second kappa shape index (κ2) is 10.1. The largest absolute Gasteiger partial charge is 0.496 e. The van der Waals surface area contributed by atoms with E-state index in [1.165, 1.54) is 37.5 Å². The smallest absolute Gasteiger partial charge is 0.233 e. The highest BCUT2D eigenvalue weighted by Gasteiger charge is 2.48. The number of allylic oxidation sites excluding steroid dienone is 1. The number of amides is 1. The number of piperidine rings is 1. The molecule has 1 spiro atoms. The Labute approximate surface area is 203 Å². The number of nitrogens with one attached hydrogen (secondary N) is 1. The highest BCUT2D eigenvalue weighted by Crippen LogP contribution is 2.45. The summed E-state index contributed by atoms with van der Waals surface area (Å²) in [7, 11) is 3.02.